The lowest BCUT2D eigenvalue weighted by atomic mass is 10.1. The molecule has 1 aromatic rings. The average Bonchev–Trinajstić information content (AvgIpc) is 2.56. The molecule has 23 heavy (non-hydrogen) atoms. The van der Waals surface area contributed by atoms with Gasteiger partial charge in [0.05, 0.1) is 18.9 Å². The molecule has 1 fully saturated rings. The summed E-state index contributed by atoms with van der Waals surface area (Å²) in [4.78, 5) is 2.03. The molecule has 1 aromatic carbocycles. The maximum atomic E-state index is 12.1. The monoisotopic (exact) mass is 337 g/mol. The number of methoxy groups -OCH3 is 1. The third-order valence-corrected chi connectivity index (χ3v) is 6.12. The van der Waals surface area contributed by atoms with Gasteiger partial charge in [-0.15, -0.1) is 0 Å². The van der Waals surface area contributed by atoms with Crippen LogP contribution in [0.4, 0.5) is 0 Å². The zero-order chi connectivity index (χ0) is 16.9. The lowest BCUT2D eigenvalue weighted by Crippen LogP contribution is -2.49. The fourth-order valence-electron chi connectivity index (χ4n) is 2.78. The summed E-state index contributed by atoms with van der Waals surface area (Å²) in [6.07, 6.45) is 0.620. The van der Waals surface area contributed by atoms with E-state index in [1.165, 1.54) is 4.31 Å². The highest BCUT2D eigenvalue weighted by atomic mass is 32.2. The summed E-state index contributed by atoms with van der Waals surface area (Å²) in [6, 6.07) is 9.39. The fourth-order valence-corrected chi connectivity index (χ4v) is 4.27. The molecule has 126 valence electrons. The fraction of sp³-hybridized carbons (Fsp3) is 0.562. The Bertz CT molecular complexity index is 644. The number of piperazine rings is 1. The number of rotatable bonds is 6. The van der Waals surface area contributed by atoms with Gasteiger partial charge in [0.15, 0.2) is 0 Å². The molecule has 0 saturated carbocycles. The molecule has 0 radical (unpaired) electrons. The van der Waals surface area contributed by atoms with E-state index in [1.54, 1.807) is 7.11 Å². The van der Waals surface area contributed by atoms with E-state index in [0.29, 0.717) is 32.6 Å². The van der Waals surface area contributed by atoms with Crippen LogP contribution in [-0.4, -0.2) is 56.7 Å². The molecule has 2 rings (SSSR count). The van der Waals surface area contributed by atoms with Crippen LogP contribution in [0, 0.1) is 11.3 Å². The molecular weight excluding hydrogens is 314 g/mol. The van der Waals surface area contributed by atoms with E-state index in [-0.39, 0.29) is 11.8 Å². The number of ether oxygens (including phenoxy) is 1. The van der Waals surface area contributed by atoms with E-state index >= 15 is 0 Å². The molecule has 0 N–H and O–H groups in total. The van der Waals surface area contributed by atoms with Crippen molar-refractivity contribution in [1.29, 1.82) is 5.26 Å². The molecular formula is C16H23N3O3S. The van der Waals surface area contributed by atoms with Gasteiger partial charge >= 0.3 is 0 Å². The highest BCUT2D eigenvalue weighted by Crippen LogP contribution is 2.24. The number of sulfonamides is 1. The number of benzene rings is 1. The minimum Gasteiger partial charge on any atom is -0.497 e. The molecule has 0 spiro atoms. The van der Waals surface area contributed by atoms with Crippen molar-refractivity contribution < 1.29 is 13.2 Å². The molecule has 1 atom stereocenters. The number of nitrogens with zero attached hydrogens (tertiary/aromatic N) is 3. The molecule has 1 aliphatic rings. The predicted octanol–water partition coefficient (Wildman–Crippen LogP) is 1.62. The molecule has 1 unspecified atom stereocenters. The summed E-state index contributed by atoms with van der Waals surface area (Å²) < 4.78 is 30.9. The Kier molecular flexibility index (Phi) is 5.99. The minimum atomic E-state index is -3.16. The van der Waals surface area contributed by atoms with E-state index in [2.05, 4.69) is 6.07 Å². The first kappa shape index (κ1) is 17.7. The number of hydrogen-bond acceptors (Lipinski definition) is 5. The summed E-state index contributed by atoms with van der Waals surface area (Å²) in [6.45, 7) is 3.87. The smallest absolute Gasteiger partial charge is 0.214 e. The van der Waals surface area contributed by atoms with E-state index in [9.17, 15) is 13.7 Å². The summed E-state index contributed by atoms with van der Waals surface area (Å²) in [5, 5.41) is 9.51. The predicted molar refractivity (Wildman–Crippen MR) is 88.6 cm³/mol. The van der Waals surface area contributed by atoms with Crippen molar-refractivity contribution in [3.63, 3.8) is 0 Å². The van der Waals surface area contributed by atoms with Gasteiger partial charge in [0.25, 0.3) is 0 Å². The highest BCUT2D eigenvalue weighted by molar-refractivity contribution is 7.89. The van der Waals surface area contributed by atoms with Crippen molar-refractivity contribution >= 4 is 10.0 Å². The lowest BCUT2D eigenvalue weighted by molar-refractivity contribution is 0.162. The normalized spacial score (nSPS) is 18.3. The highest BCUT2D eigenvalue weighted by Gasteiger charge is 2.30. The Labute approximate surface area is 138 Å². The Hall–Kier alpha value is -1.62. The Balaban J connectivity index is 2.03. The zero-order valence-electron chi connectivity index (χ0n) is 13.6. The average molecular weight is 337 g/mol. The van der Waals surface area contributed by atoms with Crippen molar-refractivity contribution in [1.82, 2.24) is 9.21 Å². The first-order chi connectivity index (χ1) is 11.0. The van der Waals surface area contributed by atoms with Crippen LogP contribution in [0.25, 0.3) is 0 Å². The molecule has 0 aliphatic carbocycles. The van der Waals surface area contributed by atoms with Crippen LogP contribution in [0.2, 0.25) is 0 Å². The molecule has 1 aliphatic heterocycles. The second-order valence-corrected chi connectivity index (χ2v) is 7.64. The third-order valence-electron chi connectivity index (χ3n) is 4.05. The molecule has 6 nitrogen and oxygen atoms in total. The van der Waals surface area contributed by atoms with Crippen LogP contribution < -0.4 is 4.74 Å². The maximum absolute atomic E-state index is 12.1. The first-order valence-corrected chi connectivity index (χ1v) is 9.38. The molecule has 0 aromatic heterocycles. The van der Waals surface area contributed by atoms with E-state index in [1.807, 2.05) is 36.1 Å². The number of nitriles is 1. The Morgan fingerprint density at radius 1 is 1.22 bits per heavy atom. The van der Waals surface area contributed by atoms with Gasteiger partial charge < -0.3 is 4.74 Å². The molecule has 0 bridgehead atoms. The quantitative estimate of drug-likeness (QED) is 0.788. The van der Waals surface area contributed by atoms with Gasteiger partial charge in [0.2, 0.25) is 10.0 Å². The SMILES string of the molecule is CCCS(=O)(=O)N1CCN(C(C#N)c2ccc(OC)cc2)CC1. The standard InChI is InChI=1S/C16H23N3O3S/c1-3-12-23(20,21)19-10-8-18(9-11-19)16(13-17)14-4-6-15(22-2)7-5-14/h4-7,16H,3,8-12H2,1-2H3. The summed E-state index contributed by atoms with van der Waals surface area (Å²) >= 11 is 0. The van der Waals surface area contributed by atoms with E-state index in [4.69, 9.17) is 4.74 Å². The van der Waals surface area contributed by atoms with Gasteiger partial charge in [-0.05, 0) is 24.1 Å². The van der Waals surface area contributed by atoms with Crippen LogP contribution >= 0.6 is 0 Å². The van der Waals surface area contributed by atoms with Gasteiger partial charge in [0.1, 0.15) is 11.8 Å². The van der Waals surface area contributed by atoms with E-state index < -0.39 is 10.0 Å². The largest absolute Gasteiger partial charge is 0.497 e. The van der Waals surface area contributed by atoms with Crippen molar-refractivity contribution in [3.05, 3.63) is 29.8 Å². The zero-order valence-corrected chi connectivity index (χ0v) is 14.4. The maximum Gasteiger partial charge on any atom is 0.214 e. The van der Waals surface area contributed by atoms with Crippen LogP contribution in [-0.2, 0) is 10.0 Å². The summed E-state index contributed by atoms with van der Waals surface area (Å²) in [5.41, 5.74) is 0.901. The molecule has 0 amide bonds. The lowest BCUT2D eigenvalue weighted by Gasteiger charge is -2.36. The van der Waals surface area contributed by atoms with Crippen LogP contribution in [0.15, 0.2) is 24.3 Å². The number of hydrogen-bond donors (Lipinski definition) is 0. The topological polar surface area (TPSA) is 73.6 Å². The van der Waals surface area contributed by atoms with Crippen LogP contribution in [0.3, 0.4) is 0 Å². The molecule has 1 saturated heterocycles. The van der Waals surface area contributed by atoms with Crippen LogP contribution in [0.1, 0.15) is 24.9 Å². The van der Waals surface area contributed by atoms with Crippen molar-refractivity contribution in [2.24, 2.45) is 0 Å². The van der Waals surface area contributed by atoms with Gasteiger partial charge in [-0.1, -0.05) is 19.1 Å². The Morgan fingerprint density at radius 2 is 1.83 bits per heavy atom. The van der Waals surface area contributed by atoms with Gasteiger partial charge in [0, 0.05) is 26.2 Å². The van der Waals surface area contributed by atoms with E-state index in [0.717, 1.165) is 11.3 Å². The van der Waals surface area contributed by atoms with Gasteiger partial charge in [-0.2, -0.15) is 9.57 Å². The van der Waals surface area contributed by atoms with Gasteiger partial charge in [-0.3, -0.25) is 4.90 Å². The van der Waals surface area contributed by atoms with Gasteiger partial charge in [-0.25, -0.2) is 8.42 Å². The van der Waals surface area contributed by atoms with Crippen molar-refractivity contribution in [2.45, 2.75) is 19.4 Å². The van der Waals surface area contributed by atoms with Crippen LogP contribution in [0.5, 0.6) is 5.75 Å². The second-order valence-electron chi connectivity index (χ2n) is 5.56. The molecule has 1 heterocycles. The minimum absolute atomic E-state index is 0.188. The first-order valence-electron chi connectivity index (χ1n) is 7.77. The summed E-state index contributed by atoms with van der Waals surface area (Å²) in [7, 11) is -1.55. The molecule has 7 heteroatoms. The third kappa shape index (κ3) is 4.22. The second kappa shape index (κ2) is 7.77. The summed E-state index contributed by atoms with van der Waals surface area (Å²) in [5.74, 6) is 0.939. The Morgan fingerprint density at radius 3 is 2.30 bits per heavy atom. The van der Waals surface area contributed by atoms with Crippen molar-refractivity contribution in [2.75, 3.05) is 39.0 Å². The van der Waals surface area contributed by atoms with Crippen molar-refractivity contribution in [3.8, 4) is 11.8 Å².